The fraction of sp³-hybridized carbons (Fsp3) is 0.176. The Morgan fingerprint density at radius 3 is 2.29 bits per heavy atom. The van der Waals surface area contributed by atoms with E-state index < -0.39 is 0 Å². The van der Waals surface area contributed by atoms with Crippen LogP contribution in [0.5, 0.6) is 0 Å². The Labute approximate surface area is 103 Å². The summed E-state index contributed by atoms with van der Waals surface area (Å²) in [7, 11) is 0. The van der Waals surface area contributed by atoms with Crippen molar-refractivity contribution in [2.45, 2.75) is 20.3 Å². The zero-order valence-corrected chi connectivity index (χ0v) is 10.3. The summed E-state index contributed by atoms with van der Waals surface area (Å²) in [6, 6.07) is 15.3. The number of hydrogen-bond donors (Lipinski definition) is 0. The summed E-state index contributed by atoms with van der Waals surface area (Å²) in [5.74, 6) is 0. The lowest BCUT2D eigenvalue weighted by atomic mass is 9.92. The van der Waals surface area contributed by atoms with Crippen molar-refractivity contribution in [3.63, 3.8) is 0 Å². The predicted molar refractivity (Wildman–Crippen MR) is 73.1 cm³/mol. The smallest absolute Gasteiger partial charge is 0.00819 e. The largest absolute Gasteiger partial charge is 0.0716 e. The molecule has 84 valence electrons. The molecule has 3 rings (SSSR count). The van der Waals surface area contributed by atoms with Crippen LogP contribution < -0.4 is 0 Å². The van der Waals surface area contributed by atoms with Gasteiger partial charge in [-0.15, -0.1) is 0 Å². The second-order valence-corrected chi connectivity index (χ2v) is 4.75. The van der Waals surface area contributed by atoms with E-state index in [9.17, 15) is 0 Å². The first-order valence-corrected chi connectivity index (χ1v) is 6.12. The summed E-state index contributed by atoms with van der Waals surface area (Å²) < 4.78 is 0. The van der Waals surface area contributed by atoms with Gasteiger partial charge in [0.25, 0.3) is 0 Å². The van der Waals surface area contributed by atoms with E-state index in [-0.39, 0.29) is 0 Å². The summed E-state index contributed by atoms with van der Waals surface area (Å²) in [6.07, 6.45) is 3.43. The van der Waals surface area contributed by atoms with Gasteiger partial charge in [-0.2, -0.15) is 0 Å². The molecule has 1 aliphatic rings. The van der Waals surface area contributed by atoms with E-state index in [0.29, 0.717) is 0 Å². The van der Waals surface area contributed by atoms with Crippen molar-refractivity contribution < 1.29 is 0 Å². The molecule has 0 aromatic heterocycles. The first-order valence-electron chi connectivity index (χ1n) is 6.12. The molecule has 0 heteroatoms. The number of rotatable bonds is 1. The van der Waals surface area contributed by atoms with E-state index in [0.717, 1.165) is 6.42 Å². The van der Waals surface area contributed by atoms with E-state index in [2.05, 4.69) is 62.4 Å². The third-order valence-corrected chi connectivity index (χ3v) is 3.58. The lowest BCUT2D eigenvalue weighted by Crippen LogP contribution is -1.93. The third kappa shape index (κ3) is 1.61. The highest BCUT2D eigenvalue weighted by molar-refractivity contribution is 5.87. The first-order chi connectivity index (χ1) is 8.27. The summed E-state index contributed by atoms with van der Waals surface area (Å²) in [5.41, 5.74) is 8.42. The molecule has 0 fully saturated rings. The van der Waals surface area contributed by atoms with Crippen molar-refractivity contribution in [3.8, 4) is 0 Å². The Balaban J connectivity index is 2.20. The molecular formula is C17H16. The van der Waals surface area contributed by atoms with Gasteiger partial charge in [0, 0.05) is 0 Å². The lowest BCUT2D eigenvalue weighted by Gasteiger charge is -2.12. The monoisotopic (exact) mass is 220 g/mol. The molecule has 0 saturated heterocycles. The molecule has 0 amide bonds. The van der Waals surface area contributed by atoms with Gasteiger partial charge in [-0.25, -0.2) is 0 Å². The molecule has 0 N–H and O–H groups in total. The van der Waals surface area contributed by atoms with Gasteiger partial charge in [-0.05, 0) is 53.7 Å². The maximum absolute atomic E-state index is 2.36. The SMILES string of the molecule is Cc1cccc(C)c1C1=CCc2ccccc21. The molecular weight excluding hydrogens is 204 g/mol. The van der Waals surface area contributed by atoms with Gasteiger partial charge in [0.2, 0.25) is 0 Å². The zero-order chi connectivity index (χ0) is 11.8. The molecule has 2 aromatic rings. The quantitative estimate of drug-likeness (QED) is 0.672. The van der Waals surface area contributed by atoms with Gasteiger partial charge in [0.15, 0.2) is 0 Å². The molecule has 0 nitrogen and oxygen atoms in total. The minimum Gasteiger partial charge on any atom is -0.0716 e. The molecule has 0 spiro atoms. The third-order valence-electron chi connectivity index (χ3n) is 3.58. The minimum absolute atomic E-state index is 1.07. The molecule has 0 atom stereocenters. The van der Waals surface area contributed by atoms with E-state index in [1.807, 2.05) is 0 Å². The van der Waals surface area contributed by atoms with Crippen LogP contribution in [-0.4, -0.2) is 0 Å². The molecule has 0 aliphatic heterocycles. The van der Waals surface area contributed by atoms with Crippen LogP contribution in [-0.2, 0) is 6.42 Å². The Hall–Kier alpha value is -1.82. The summed E-state index contributed by atoms with van der Waals surface area (Å²) in [6.45, 7) is 4.40. The Kier molecular flexibility index (Phi) is 2.36. The van der Waals surface area contributed by atoms with Crippen molar-refractivity contribution >= 4 is 5.57 Å². The maximum atomic E-state index is 2.36. The molecule has 0 heterocycles. The minimum atomic E-state index is 1.07. The summed E-state index contributed by atoms with van der Waals surface area (Å²) in [5, 5.41) is 0. The average Bonchev–Trinajstić information content (AvgIpc) is 2.73. The Morgan fingerprint density at radius 1 is 0.824 bits per heavy atom. The first kappa shape index (κ1) is 10.3. The van der Waals surface area contributed by atoms with Gasteiger partial charge in [0.1, 0.15) is 0 Å². The van der Waals surface area contributed by atoms with Crippen molar-refractivity contribution in [1.82, 2.24) is 0 Å². The van der Waals surface area contributed by atoms with Crippen molar-refractivity contribution in [1.29, 1.82) is 0 Å². The van der Waals surface area contributed by atoms with Crippen LogP contribution in [0.4, 0.5) is 0 Å². The van der Waals surface area contributed by atoms with Crippen LogP contribution >= 0.6 is 0 Å². The van der Waals surface area contributed by atoms with Crippen LogP contribution in [0.2, 0.25) is 0 Å². The Bertz CT molecular complexity index is 583. The molecule has 2 aromatic carbocycles. The molecule has 1 aliphatic carbocycles. The molecule has 0 bridgehead atoms. The van der Waals surface area contributed by atoms with Crippen molar-refractivity contribution in [2.24, 2.45) is 0 Å². The van der Waals surface area contributed by atoms with Crippen molar-refractivity contribution in [2.75, 3.05) is 0 Å². The maximum Gasteiger partial charge on any atom is -0.00819 e. The highest BCUT2D eigenvalue weighted by Gasteiger charge is 2.17. The fourth-order valence-electron chi connectivity index (χ4n) is 2.76. The van der Waals surface area contributed by atoms with Crippen LogP contribution in [0.1, 0.15) is 27.8 Å². The highest BCUT2D eigenvalue weighted by Crippen LogP contribution is 2.35. The van der Waals surface area contributed by atoms with E-state index in [1.165, 1.54) is 33.4 Å². The normalized spacial score (nSPS) is 13.4. The predicted octanol–water partition coefficient (Wildman–Crippen LogP) is 4.29. The second kappa shape index (κ2) is 3.89. The highest BCUT2D eigenvalue weighted by atomic mass is 14.2. The number of aryl methyl sites for hydroxylation is 2. The van der Waals surface area contributed by atoms with E-state index in [1.54, 1.807) is 0 Å². The van der Waals surface area contributed by atoms with Crippen molar-refractivity contribution in [3.05, 3.63) is 76.4 Å². The van der Waals surface area contributed by atoms with Gasteiger partial charge >= 0.3 is 0 Å². The number of benzene rings is 2. The van der Waals surface area contributed by atoms with Gasteiger partial charge in [-0.3, -0.25) is 0 Å². The van der Waals surface area contributed by atoms with Crippen LogP contribution in [0.15, 0.2) is 48.5 Å². The molecule has 17 heavy (non-hydrogen) atoms. The van der Waals surface area contributed by atoms with Crippen LogP contribution in [0.25, 0.3) is 5.57 Å². The standard InChI is InChI=1S/C17H16/c1-12-6-5-7-13(2)17(12)16-11-10-14-8-3-4-9-15(14)16/h3-9,11H,10H2,1-2H3. The van der Waals surface area contributed by atoms with Crippen LogP contribution in [0, 0.1) is 13.8 Å². The second-order valence-electron chi connectivity index (χ2n) is 4.75. The van der Waals surface area contributed by atoms with E-state index >= 15 is 0 Å². The topological polar surface area (TPSA) is 0 Å². The number of allylic oxidation sites excluding steroid dienone is 1. The zero-order valence-electron chi connectivity index (χ0n) is 10.3. The molecule has 0 radical (unpaired) electrons. The van der Waals surface area contributed by atoms with Crippen LogP contribution in [0.3, 0.4) is 0 Å². The molecule has 0 unspecified atom stereocenters. The number of hydrogen-bond acceptors (Lipinski definition) is 0. The average molecular weight is 220 g/mol. The Morgan fingerprint density at radius 2 is 1.53 bits per heavy atom. The van der Waals surface area contributed by atoms with Gasteiger partial charge in [-0.1, -0.05) is 48.5 Å². The fourth-order valence-corrected chi connectivity index (χ4v) is 2.76. The van der Waals surface area contributed by atoms with Gasteiger partial charge < -0.3 is 0 Å². The van der Waals surface area contributed by atoms with E-state index in [4.69, 9.17) is 0 Å². The summed E-state index contributed by atoms with van der Waals surface area (Å²) in [4.78, 5) is 0. The summed E-state index contributed by atoms with van der Waals surface area (Å²) >= 11 is 0. The van der Waals surface area contributed by atoms with Gasteiger partial charge in [0.05, 0.1) is 0 Å². The lowest BCUT2D eigenvalue weighted by molar-refractivity contribution is 1.31. The molecule has 0 saturated carbocycles. The number of fused-ring (bicyclic) bond motifs is 1.